The van der Waals surface area contributed by atoms with Crippen molar-refractivity contribution in [2.45, 2.75) is 13.0 Å². The summed E-state index contributed by atoms with van der Waals surface area (Å²) < 4.78 is 5.41. The summed E-state index contributed by atoms with van der Waals surface area (Å²) >= 11 is 0. The topological polar surface area (TPSA) is 48.8 Å². The maximum Gasteiger partial charge on any atom is 0.145 e. The van der Waals surface area contributed by atoms with Gasteiger partial charge in [-0.15, -0.1) is 0 Å². The van der Waals surface area contributed by atoms with Gasteiger partial charge in [0.15, 0.2) is 0 Å². The maximum absolute atomic E-state index is 9.51. The van der Waals surface area contributed by atoms with Gasteiger partial charge in [0.05, 0.1) is 13.2 Å². The van der Waals surface area contributed by atoms with Gasteiger partial charge in [0.25, 0.3) is 0 Å². The van der Waals surface area contributed by atoms with Crippen LogP contribution in [-0.4, -0.2) is 60.9 Å². The van der Waals surface area contributed by atoms with Gasteiger partial charge < -0.3 is 14.7 Å². The van der Waals surface area contributed by atoms with Crippen LogP contribution in [0.3, 0.4) is 0 Å². The molecule has 1 aliphatic heterocycles. The summed E-state index contributed by atoms with van der Waals surface area (Å²) in [5, 5.41) is 10.6. The highest BCUT2D eigenvalue weighted by Gasteiger charge is 2.20. The first-order valence-corrected chi connectivity index (χ1v) is 7.76. The van der Waals surface area contributed by atoms with E-state index in [1.54, 1.807) is 7.11 Å². The molecule has 0 radical (unpaired) electrons. The highest BCUT2D eigenvalue weighted by atomic mass is 16.5. The van der Waals surface area contributed by atoms with Crippen LogP contribution in [0.4, 0.5) is 5.69 Å². The van der Waals surface area contributed by atoms with Gasteiger partial charge >= 0.3 is 0 Å². The van der Waals surface area contributed by atoms with E-state index in [0.29, 0.717) is 0 Å². The Bertz CT molecular complexity index is 637. The zero-order valence-corrected chi connectivity index (χ0v) is 13.2. The molecule has 2 aromatic rings. The third-order valence-electron chi connectivity index (χ3n) is 4.17. The van der Waals surface area contributed by atoms with Crippen LogP contribution in [0.5, 0.6) is 5.75 Å². The number of β-amino-alcohol motifs (C(OH)–C–C–N with tert-alkyl or cyclic N) is 1. The van der Waals surface area contributed by atoms with E-state index in [9.17, 15) is 5.11 Å². The smallest absolute Gasteiger partial charge is 0.145 e. The first kappa shape index (κ1) is 15.1. The van der Waals surface area contributed by atoms with E-state index in [2.05, 4.69) is 26.9 Å². The quantitative estimate of drug-likeness (QED) is 0.932. The first-order valence-electron chi connectivity index (χ1n) is 7.76. The van der Waals surface area contributed by atoms with Crippen LogP contribution in [0.25, 0.3) is 10.9 Å². The number of aliphatic hydroxyl groups is 1. The van der Waals surface area contributed by atoms with Gasteiger partial charge in [-0.3, -0.25) is 9.88 Å². The van der Waals surface area contributed by atoms with Gasteiger partial charge in [-0.1, -0.05) is 12.1 Å². The number of rotatable bonds is 4. The minimum absolute atomic E-state index is 0.266. The lowest BCUT2D eigenvalue weighted by atomic mass is 10.1. The fourth-order valence-corrected chi connectivity index (χ4v) is 3.12. The molecule has 5 nitrogen and oxygen atoms in total. The van der Waals surface area contributed by atoms with Crippen molar-refractivity contribution in [3.05, 3.63) is 30.5 Å². The monoisotopic (exact) mass is 301 g/mol. The molecular weight excluding hydrogens is 278 g/mol. The number of benzene rings is 1. The Morgan fingerprint density at radius 1 is 1.23 bits per heavy atom. The second-order valence-corrected chi connectivity index (χ2v) is 5.82. The van der Waals surface area contributed by atoms with Crippen molar-refractivity contribution < 1.29 is 9.84 Å². The molecular formula is C17H23N3O2. The van der Waals surface area contributed by atoms with E-state index in [-0.39, 0.29) is 6.10 Å². The highest BCUT2D eigenvalue weighted by Crippen LogP contribution is 2.31. The van der Waals surface area contributed by atoms with E-state index < -0.39 is 0 Å². The van der Waals surface area contributed by atoms with Crippen LogP contribution in [0.15, 0.2) is 30.5 Å². The van der Waals surface area contributed by atoms with Crippen molar-refractivity contribution in [1.82, 2.24) is 9.88 Å². The second-order valence-electron chi connectivity index (χ2n) is 5.82. The molecule has 0 unspecified atom stereocenters. The average molecular weight is 301 g/mol. The number of anilines is 1. The van der Waals surface area contributed by atoms with Crippen LogP contribution in [0, 0.1) is 0 Å². The summed E-state index contributed by atoms with van der Waals surface area (Å²) in [5.41, 5.74) is 2.12. The Morgan fingerprint density at radius 3 is 2.68 bits per heavy atom. The number of ether oxygens (including phenoxy) is 1. The number of fused-ring (bicyclic) bond motifs is 1. The number of pyridine rings is 1. The first-order chi connectivity index (χ1) is 10.7. The van der Waals surface area contributed by atoms with Crippen LogP contribution < -0.4 is 9.64 Å². The molecule has 22 heavy (non-hydrogen) atoms. The Labute approximate surface area is 131 Å². The van der Waals surface area contributed by atoms with Gasteiger partial charge in [0.1, 0.15) is 11.3 Å². The van der Waals surface area contributed by atoms with Crippen molar-refractivity contribution in [2.24, 2.45) is 0 Å². The van der Waals surface area contributed by atoms with Gasteiger partial charge in [-0.05, 0) is 19.1 Å². The van der Waals surface area contributed by atoms with Crippen LogP contribution in [-0.2, 0) is 0 Å². The third-order valence-corrected chi connectivity index (χ3v) is 4.17. The molecule has 118 valence electrons. The molecule has 0 amide bonds. The summed E-state index contributed by atoms with van der Waals surface area (Å²) in [5.74, 6) is 0.812. The van der Waals surface area contributed by atoms with Gasteiger partial charge in [-0.25, -0.2) is 0 Å². The molecule has 0 bridgehead atoms. The number of para-hydroxylation sites is 1. The van der Waals surface area contributed by atoms with Crippen LogP contribution >= 0.6 is 0 Å². The van der Waals surface area contributed by atoms with Crippen molar-refractivity contribution in [3.63, 3.8) is 0 Å². The molecule has 1 fully saturated rings. The third kappa shape index (κ3) is 3.00. The summed E-state index contributed by atoms with van der Waals surface area (Å²) in [4.78, 5) is 9.17. The van der Waals surface area contributed by atoms with E-state index >= 15 is 0 Å². The Kier molecular flexibility index (Phi) is 4.45. The number of aromatic nitrogens is 1. The molecule has 1 atom stereocenters. The van der Waals surface area contributed by atoms with Crippen molar-refractivity contribution in [2.75, 3.05) is 44.7 Å². The van der Waals surface area contributed by atoms with E-state index in [0.717, 1.165) is 49.4 Å². The standard InChI is InChI=1S/C17H23N3O2/c1-13(21)12-19-8-10-20(11-9-19)15-6-7-18-17-14(15)4-3-5-16(17)22-2/h3-7,13,21H,8-12H2,1-2H3/t13-/m0/s1. The SMILES string of the molecule is COc1cccc2c(N3CCN(C[C@H](C)O)CC3)ccnc12. The maximum atomic E-state index is 9.51. The Hall–Kier alpha value is -1.85. The normalized spacial score (nSPS) is 17.7. The number of hydrogen-bond acceptors (Lipinski definition) is 5. The molecule has 0 aliphatic carbocycles. The minimum atomic E-state index is -0.266. The average Bonchev–Trinajstić information content (AvgIpc) is 2.54. The Balaban J connectivity index is 1.83. The van der Waals surface area contributed by atoms with E-state index in [1.807, 2.05) is 25.3 Å². The molecule has 1 aromatic heterocycles. The second kappa shape index (κ2) is 6.50. The molecule has 1 saturated heterocycles. The fraction of sp³-hybridized carbons (Fsp3) is 0.471. The fourth-order valence-electron chi connectivity index (χ4n) is 3.12. The zero-order valence-electron chi connectivity index (χ0n) is 13.2. The van der Waals surface area contributed by atoms with Crippen molar-refractivity contribution in [1.29, 1.82) is 0 Å². The summed E-state index contributed by atoms with van der Waals surface area (Å²) in [7, 11) is 1.68. The highest BCUT2D eigenvalue weighted by molar-refractivity contribution is 5.95. The van der Waals surface area contributed by atoms with E-state index in [1.165, 1.54) is 5.69 Å². The Morgan fingerprint density at radius 2 is 2.00 bits per heavy atom. The number of methoxy groups -OCH3 is 1. The zero-order chi connectivity index (χ0) is 15.5. The molecule has 2 heterocycles. The number of aliphatic hydroxyl groups excluding tert-OH is 1. The predicted octanol–water partition coefficient (Wildman–Crippen LogP) is 1.75. The molecule has 1 N–H and O–H groups in total. The number of nitrogens with zero attached hydrogens (tertiary/aromatic N) is 3. The minimum Gasteiger partial charge on any atom is -0.494 e. The van der Waals surface area contributed by atoms with Gasteiger partial charge in [0, 0.05) is 50.0 Å². The molecule has 1 aromatic carbocycles. The molecule has 0 saturated carbocycles. The number of piperazine rings is 1. The van der Waals surface area contributed by atoms with Crippen molar-refractivity contribution >= 4 is 16.6 Å². The lowest BCUT2D eigenvalue weighted by Crippen LogP contribution is -2.48. The molecule has 3 rings (SSSR count). The summed E-state index contributed by atoms with van der Waals surface area (Å²) in [6.45, 7) is 6.46. The summed E-state index contributed by atoms with van der Waals surface area (Å²) in [6.07, 6.45) is 1.58. The molecule has 1 aliphatic rings. The van der Waals surface area contributed by atoms with Crippen LogP contribution in [0.2, 0.25) is 0 Å². The molecule has 0 spiro atoms. The predicted molar refractivity (Wildman–Crippen MR) is 88.6 cm³/mol. The number of hydrogen-bond donors (Lipinski definition) is 1. The van der Waals surface area contributed by atoms with E-state index in [4.69, 9.17) is 4.74 Å². The van der Waals surface area contributed by atoms with Crippen molar-refractivity contribution in [3.8, 4) is 5.75 Å². The lowest BCUT2D eigenvalue weighted by molar-refractivity contribution is 0.123. The largest absolute Gasteiger partial charge is 0.494 e. The van der Waals surface area contributed by atoms with Gasteiger partial charge in [-0.2, -0.15) is 0 Å². The lowest BCUT2D eigenvalue weighted by Gasteiger charge is -2.37. The van der Waals surface area contributed by atoms with Gasteiger partial charge in [0.2, 0.25) is 0 Å². The molecule has 5 heteroatoms. The summed E-state index contributed by atoms with van der Waals surface area (Å²) in [6, 6.07) is 8.13. The van der Waals surface area contributed by atoms with Crippen LogP contribution in [0.1, 0.15) is 6.92 Å².